The highest BCUT2D eigenvalue weighted by atomic mass is 14.9. The number of hydrogen-bond donors (Lipinski definition) is 0. The van der Waals surface area contributed by atoms with Gasteiger partial charge in [0.1, 0.15) is 0 Å². The summed E-state index contributed by atoms with van der Waals surface area (Å²) in [7, 11) is 0. The van der Waals surface area contributed by atoms with E-state index in [1.54, 1.807) is 0 Å². The fraction of sp³-hybridized carbons (Fsp3) is 0. The smallest absolute Gasteiger partial charge is 0.160 e. The van der Waals surface area contributed by atoms with Gasteiger partial charge in [-0.05, 0) is 66.3 Å². The molecular weight excluding hydrogens is 532 g/mol. The molecule has 0 fully saturated rings. The van der Waals surface area contributed by atoms with Gasteiger partial charge in [-0.15, -0.1) is 0 Å². The minimum atomic E-state index is 0.737. The van der Waals surface area contributed by atoms with Crippen molar-refractivity contribution in [1.82, 2.24) is 9.97 Å². The van der Waals surface area contributed by atoms with E-state index in [2.05, 4.69) is 133 Å². The highest BCUT2D eigenvalue weighted by Gasteiger charge is 2.15. The van der Waals surface area contributed by atoms with E-state index in [9.17, 15) is 0 Å². The average Bonchev–Trinajstić information content (AvgIpc) is 3.11. The van der Waals surface area contributed by atoms with Crippen LogP contribution in [0.3, 0.4) is 0 Å². The van der Waals surface area contributed by atoms with Crippen molar-refractivity contribution < 1.29 is 0 Å². The third-order valence-electron chi connectivity index (χ3n) is 8.87. The summed E-state index contributed by atoms with van der Waals surface area (Å²) >= 11 is 0. The van der Waals surface area contributed by atoms with E-state index >= 15 is 0 Å². The van der Waals surface area contributed by atoms with Crippen molar-refractivity contribution in [2.45, 2.75) is 0 Å². The number of rotatable bonds is 3. The second-order valence-corrected chi connectivity index (χ2v) is 11.4. The molecule has 0 aliphatic heterocycles. The predicted octanol–water partition coefficient (Wildman–Crippen LogP) is 11.2. The van der Waals surface area contributed by atoms with Crippen molar-refractivity contribution in [3.05, 3.63) is 158 Å². The lowest BCUT2D eigenvalue weighted by Crippen LogP contribution is -1.95. The van der Waals surface area contributed by atoms with Gasteiger partial charge in [0.05, 0.1) is 11.2 Å². The highest BCUT2D eigenvalue weighted by Crippen LogP contribution is 2.39. The zero-order valence-corrected chi connectivity index (χ0v) is 23.9. The summed E-state index contributed by atoms with van der Waals surface area (Å²) in [6.45, 7) is 0. The number of fused-ring (bicyclic) bond motifs is 8. The summed E-state index contributed by atoms with van der Waals surface area (Å²) in [6, 6.07) is 56.2. The van der Waals surface area contributed by atoms with E-state index < -0.39 is 0 Å². The van der Waals surface area contributed by atoms with Crippen LogP contribution in [0, 0.1) is 0 Å². The molecule has 0 amide bonds. The standard InChI is InChI=1S/C42H26N2/c1-3-11-28(12-4-1)41-39-26-30(19-25-40(39)43-42(44-41)29-13-5-2-6-14-29)32-16-9-17-33-35(32)22-24-38-36-20-18-27-10-7-8-15-31(27)34(36)21-23-37(33)38/h1-26H. The van der Waals surface area contributed by atoms with Crippen molar-refractivity contribution in [3.63, 3.8) is 0 Å². The Morgan fingerprint density at radius 1 is 0.318 bits per heavy atom. The van der Waals surface area contributed by atoms with Crippen LogP contribution >= 0.6 is 0 Å². The molecule has 0 N–H and O–H groups in total. The van der Waals surface area contributed by atoms with Gasteiger partial charge >= 0.3 is 0 Å². The Morgan fingerprint density at radius 3 is 1.68 bits per heavy atom. The van der Waals surface area contributed by atoms with Crippen molar-refractivity contribution in [2.24, 2.45) is 0 Å². The van der Waals surface area contributed by atoms with Crippen LogP contribution < -0.4 is 0 Å². The Hall–Kier alpha value is -5.86. The molecule has 0 radical (unpaired) electrons. The monoisotopic (exact) mass is 558 g/mol. The number of aromatic nitrogens is 2. The summed E-state index contributed by atoms with van der Waals surface area (Å²) in [6.07, 6.45) is 0. The van der Waals surface area contributed by atoms with Crippen molar-refractivity contribution in [1.29, 1.82) is 0 Å². The van der Waals surface area contributed by atoms with Gasteiger partial charge in [-0.1, -0.05) is 146 Å². The van der Waals surface area contributed by atoms with Crippen LogP contribution in [0.25, 0.3) is 87.8 Å². The second kappa shape index (κ2) is 9.86. The topological polar surface area (TPSA) is 25.8 Å². The van der Waals surface area contributed by atoms with Gasteiger partial charge in [0.2, 0.25) is 0 Å². The second-order valence-electron chi connectivity index (χ2n) is 11.4. The van der Waals surface area contributed by atoms with E-state index in [0.29, 0.717) is 0 Å². The van der Waals surface area contributed by atoms with E-state index in [1.807, 2.05) is 24.3 Å². The summed E-state index contributed by atoms with van der Waals surface area (Å²) in [5.41, 5.74) is 6.33. The Kier molecular flexibility index (Phi) is 5.54. The Labute approximate surface area is 254 Å². The van der Waals surface area contributed by atoms with Crippen LogP contribution in [0.1, 0.15) is 0 Å². The SMILES string of the molecule is c1ccc(-c2nc(-c3ccccc3)c3cc(-c4cccc5c4ccc4c5ccc5c6ccccc6ccc54)ccc3n2)cc1. The van der Waals surface area contributed by atoms with Crippen molar-refractivity contribution in [3.8, 4) is 33.8 Å². The first-order valence-corrected chi connectivity index (χ1v) is 15.0. The summed E-state index contributed by atoms with van der Waals surface area (Å²) in [5, 5.41) is 11.2. The molecule has 8 aromatic carbocycles. The van der Waals surface area contributed by atoms with Gasteiger partial charge in [-0.25, -0.2) is 9.97 Å². The lowest BCUT2D eigenvalue weighted by Gasteiger charge is -2.14. The first-order chi connectivity index (χ1) is 21.8. The zero-order chi connectivity index (χ0) is 29.0. The number of hydrogen-bond acceptors (Lipinski definition) is 2. The van der Waals surface area contributed by atoms with Gasteiger partial charge in [0.15, 0.2) is 5.82 Å². The largest absolute Gasteiger partial charge is 0.228 e. The molecule has 0 saturated heterocycles. The van der Waals surface area contributed by atoms with E-state index in [1.165, 1.54) is 48.7 Å². The van der Waals surface area contributed by atoms with Crippen LogP contribution in [-0.2, 0) is 0 Å². The predicted molar refractivity (Wildman–Crippen MR) is 186 cm³/mol. The summed E-state index contributed by atoms with van der Waals surface area (Å²) in [5.74, 6) is 0.737. The number of benzene rings is 8. The normalized spacial score (nSPS) is 11.6. The molecule has 0 aliphatic carbocycles. The van der Waals surface area contributed by atoms with Gasteiger partial charge in [0, 0.05) is 16.5 Å². The molecule has 0 saturated carbocycles. The third-order valence-corrected chi connectivity index (χ3v) is 8.87. The first-order valence-electron chi connectivity index (χ1n) is 15.0. The lowest BCUT2D eigenvalue weighted by atomic mass is 9.91. The van der Waals surface area contributed by atoms with Crippen LogP contribution in [-0.4, -0.2) is 9.97 Å². The molecule has 2 heteroatoms. The van der Waals surface area contributed by atoms with Crippen molar-refractivity contribution >= 4 is 54.0 Å². The molecule has 0 atom stereocenters. The van der Waals surface area contributed by atoms with E-state index in [4.69, 9.17) is 9.97 Å². The minimum absolute atomic E-state index is 0.737. The van der Waals surface area contributed by atoms with Crippen LogP contribution in [0.5, 0.6) is 0 Å². The molecule has 2 nitrogen and oxygen atoms in total. The Bertz CT molecular complexity index is 2530. The fourth-order valence-electron chi connectivity index (χ4n) is 6.75. The summed E-state index contributed by atoms with van der Waals surface area (Å²) < 4.78 is 0. The van der Waals surface area contributed by atoms with E-state index in [0.717, 1.165) is 39.1 Å². The highest BCUT2D eigenvalue weighted by molar-refractivity contribution is 6.23. The first kappa shape index (κ1) is 24.7. The molecule has 9 aromatic rings. The van der Waals surface area contributed by atoms with Gasteiger partial charge in [-0.3, -0.25) is 0 Å². The summed E-state index contributed by atoms with van der Waals surface area (Å²) in [4.78, 5) is 10.1. The van der Waals surface area contributed by atoms with Gasteiger partial charge in [0.25, 0.3) is 0 Å². The Morgan fingerprint density at radius 2 is 0.909 bits per heavy atom. The molecule has 0 aliphatic rings. The third kappa shape index (κ3) is 3.89. The lowest BCUT2D eigenvalue weighted by molar-refractivity contribution is 1.23. The molecule has 1 aromatic heterocycles. The molecule has 0 spiro atoms. The fourth-order valence-corrected chi connectivity index (χ4v) is 6.75. The molecule has 204 valence electrons. The molecular formula is C42H26N2. The maximum Gasteiger partial charge on any atom is 0.160 e. The van der Waals surface area contributed by atoms with Gasteiger partial charge in [-0.2, -0.15) is 0 Å². The maximum absolute atomic E-state index is 5.12. The van der Waals surface area contributed by atoms with Crippen LogP contribution in [0.4, 0.5) is 0 Å². The van der Waals surface area contributed by atoms with Crippen LogP contribution in [0.2, 0.25) is 0 Å². The minimum Gasteiger partial charge on any atom is -0.228 e. The molecule has 1 heterocycles. The number of nitrogens with zero attached hydrogens (tertiary/aromatic N) is 2. The molecule has 44 heavy (non-hydrogen) atoms. The molecule has 9 rings (SSSR count). The Balaban J connectivity index is 1.26. The van der Waals surface area contributed by atoms with E-state index in [-0.39, 0.29) is 0 Å². The quantitative estimate of drug-likeness (QED) is 0.202. The van der Waals surface area contributed by atoms with Crippen molar-refractivity contribution in [2.75, 3.05) is 0 Å². The van der Waals surface area contributed by atoms with Gasteiger partial charge < -0.3 is 0 Å². The average molecular weight is 559 g/mol. The zero-order valence-electron chi connectivity index (χ0n) is 23.9. The molecule has 0 unspecified atom stereocenters. The maximum atomic E-state index is 5.12. The molecule has 0 bridgehead atoms. The van der Waals surface area contributed by atoms with Crippen LogP contribution in [0.15, 0.2) is 158 Å².